The molecule has 0 aliphatic rings. The van der Waals surface area contributed by atoms with E-state index in [4.69, 9.17) is 4.74 Å². The van der Waals surface area contributed by atoms with Crippen LogP contribution in [0.15, 0.2) is 59.5 Å². The predicted octanol–water partition coefficient (Wildman–Crippen LogP) is 2.91. The molecule has 0 unspecified atom stereocenters. The Morgan fingerprint density at radius 1 is 1.00 bits per heavy atom. The van der Waals surface area contributed by atoms with E-state index in [0.717, 1.165) is 11.3 Å². The Morgan fingerprint density at radius 3 is 2.29 bits per heavy atom. The van der Waals surface area contributed by atoms with Crippen LogP contribution in [0.4, 0.5) is 0 Å². The second kappa shape index (κ2) is 6.74. The minimum Gasteiger partial charge on any atom is -0.494 e. The summed E-state index contributed by atoms with van der Waals surface area (Å²) in [4.78, 5) is 0.293. The van der Waals surface area contributed by atoms with Gasteiger partial charge in [0.15, 0.2) is 0 Å². The summed E-state index contributed by atoms with van der Waals surface area (Å²) in [5, 5.41) is 0. The van der Waals surface area contributed by atoms with Gasteiger partial charge in [-0.3, -0.25) is 0 Å². The van der Waals surface area contributed by atoms with Gasteiger partial charge in [-0.1, -0.05) is 36.4 Å². The fourth-order valence-corrected chi connectivity index (χ4v) is 3.20. The van der Waals surface area contributed by atoms with Crippen molar-refractivity contribution >= 4 is 10.0 Å². The number of para-hydroxylation sites is 1. The van der Waals surface area contributed by atoms with Gasteiger partial charge in [0.05, 0.1) is 11.5 Å². The number of hydrogen-bond acceptors (Lipinski definition) is 3. The lowest BCUT2D eigenvalue weighted by molar-refractivity contribution is 0.332. The molecule has 0 radical (unpaired) electrons. The fourth-order valence-electron chi connectivity index (χ4n) is 2.03. The lowest BCUT2D eigenvalue weighted by Crippen LogP contribution is -2.26. The molecule has 0 saturated heterocycles. The number of nitrogens with zero attached hydrogens (tertiary/aromatic N) is 1. The second-order valence-electron chi connectivity index (χ2n) is 4.61. The molecule has 0 bridgehead atoms. The van der Waals surface area contributed by atoms with Crippen molar-refractivity contribution in [1.82, 2.24) is 4.31 Å². The quantitative estimate of drug-likeness (QED) is 0.824. The molecule has 5 heteroatoms. The van der Waals surface area contributed by atoms with Crippen molar-refractivity contribution in [2.45, 2.75) is 18.4 Å². The second-order valence-corrected chi connectivity index (χ2v) is 6.66. The van der Waals surface area contributed by atoms with Crippen LogP contribution in [0.5, 0.6) is 5.75 Å². The molecule has 4 nitrogen and oxygen atoms in total. The van der Waals surface area contributed by atoms with Crippen molar-refractivity contribution in [2.75, 3.05) is 13.7 Å². The molecule has 2 aromatic carbocycles. The Hall–Kier alpha value is -1.85. The van der Waals surface area contributed by atoms with Crippen molar-refractivity contribution in [3.8, 4) is 5.75 Å². The lowest BCUT2D eigenvalue weighted by atomic mass is 10.2. The molecule has 0 N–H and O–H groups in total. The Bertz CT molecular complexity index is 684. The third-order valence-electron chi connectivity index (χ3n) is 3.12. The normalized spacial score (nSPS) is 11.6. The van der Waals surface area contributed by atoms with Crippen molar-refractivity contribution in [1.29, 1.82) is 0 Å². The van der Waals surface area contributed by atoms with Crippen molar-refractivity contribution in [2.24, 2.45) is 0 Å². The van der Waals surface area contributed by atoms with Crippen LogP contribution < -0.4 is 4.74 Å². The molecule has 0 heterocycles. The minimum atomic E-state index is -3.49. The van der Waals surface area contributed by atoms with Gasteiger partial charge in [0.1, 0.15) is 5.75 Å². The van der Waals surface area contributed by atoms with Crippen LogP contribution in [0.1, 0.15) is 12.5 Å². The molecule has 0 saturated carbocycles. The van der Waals surface area contributed by atoms with Crippen molar-refractivity contribution in [3.05, 3.63) is 60.2 Å². The monoisotopic (exact) mass is 305 g/mol. The molecule has 0 amide bonds. The minimum absolute atomic E-state index is 0.271. The maximum atomic E-state index is 12.5. The number of benzene rings is 2. The summed E-state index contributed by atoms with van der Waals surface area (Å²) in [7, 11) is -1.92. The predicted molar refractivity (Wildman–Crippen MR) is 82.7 cm³/mol. The average molecular weight is 305 g/mol. The first-order valence-corrected chi connectivity index (χ1v) is 8.22. The van der Waals surface area contributed by atoms with Crippen LogP contribution in [-0.4, -0.2) is 26.4 Å². The van der Waals surface area contributed by atoms with E-state index >= 15 is 0 Å². The fraction of sp³-hybridized carbons (Fsp3) is 0.250. The van der Waals surface area contributed by atoms with Gasteiger partial charge in [-0.15, -0.1) is 0 Å². The van der Waals surface area contributed by atoms with E-state index in [-0.39, 0.29) is 6.54 Å². The van der Waals surface area contributed by atoms with Crippen LogP contribution in [0.3, 0.4) is 0 Å². The van der Waals surface area contributed by atoms with Crippen LogP contribution in [0.25, 0.3) is 0 Å². The first-order valence-electron chi connectivity index (χ1n) is 6.77. The number of sulfonamides is 1. The molecule has 0 fully saturated rings. The topological polar surface area (TPSA) is 46.6 Å². The van der Waals surface area contributed by atoms with E-state index < -0.39 is 10.0 Å². The third-order valence-corrected chi connectivity index (χ3v) is 4.93. The van der Waals surface area contributed by atoms with Gasteiger partial charge in [-0.25, -0.2) is 8.42 Å². The van der Waals surface area contributed by atoms with E-state index in [1.807, 2.05) is 31.2 Å². The summed E-state index contributed by atoms with van der Waals surface area (Å²) in [6.45, 7) is 2.72. The van der Waals surface area contributed by atoms with Gasteiger partial charge < -0.3 is 4.74 Å². The molecule has 112 valence electrons. The van der Waals surface area contributed by atoms with Gasteiger partial charge in [0, 0.05) is 19.2 Å². The molecule has 0 aliphatic carbocycles. The highest BCUT2D eigenvalue weighted by molar-refractivity contribution is 7.89. The summed E-state index contributed by atoms with van der Waals surface area (Å²) < 4.78 is 31.8. The standard InChI is InChI=1S/C16H19NO3S/c1-3-20-16-12-8-7-9-14(16)13-17(2)21(18,19)15-10-5-4-6-11-15/h4-12H,3,13H2,1-2H3. The van der Waals surface area contributed by atoms with Gasteiger partial charge >= 0.3 is 0 Å². The highest BCUT2D eigenvalue weighted by atomic mass is 32.2. The van der Waals surface area contributed by atoms with Gasteiger partial charge in [0.25, 0.3) is 0 Å². The van der Waals surface area contributed by atoms with Crippen molar-refractivity contribution in [3.63, 3.8) is 0 Å². The van der Waals surface area contributed by atoms with Gasteiger partial charge in [0.2, 0.25) is 10.0 Å². The Kier molecular flexibility index (Phi) is 4.98. The maximum Gasteiger partial charge on any atom is 0.243 e. The van der Waals surface area contributed by atoms with Crippen LogP contribution >= 0.6 is 0 Å². The Labute approximate surface area is 126 Å². The van der Waals surface area contributed by atoms with E-state index in [9.17, 15) is 8.42 Å². The van der Waals surface area contributed by atoms with Crippen molar-refractivity contribution < 1.29 is 13.2 Å². The largest absolute Gasteiger partial charge is 0.494 e. The SMILES string of the molecule is CCOc1ccccc1CN(C)S(=O)(=O)c1ccccc1. The number of ether oxygens (including phenoxy) is 1. The highest BCUT2D eigenvalue weighted by Crippen LogP contribution is 2.22. The molecular formula is C16H19NO3S. The van der Waals surface area contributed by atoms with Crippen LogP contribution in [-0.2, 0) is 16.6 Å². The molecule has 2 rings (SSSR count). The van der Waals surface area contributed by atoms with Crippen LogP contribution in [0, 0.1) is 0 Å². The molecule has 21 heavy (non-hydrogen) atoms. The van der Waals surface area contributed by atoms with E-state index in [2.05, 4.69) is 0 Å². The molecule has 0 spiro atoms. The summed E-state index contributed by atoms with van der Waals surface area (Å²) in [6, 6.07) is 15.9. The van der Waals surface area contributed by atoms with Gasteiger partial charge in [-0.2, -0.15) is 4.31 Å². The average Bonchev–Trinajstić information content (AvgIpc) is 2.50. The third kappa shape index (κ3) is 3.62. The maximum absolute atomic E-state index is 12.5. The number of rotatable bonds is 6. The van der Waals surface area contributed by atoms with Gasteiger partial charge in [-0.05, 0) is 25.1 Å². The summed E-state index contributed by atoms with van der Waals surface area (Å²) in [6.07, 6.45) is 0. The Morgan fingerprint density at radius 2 is 1.62 bits per heavy atom. The Balaban J connectivity index is 2.24. The van der Waals surface area contributed by atoms with E-state index in [1.165, 1.54) is 4.31 Å². The molecule has 2 aromatic rings. The first kappa shape index (κ1) is 15.5. The lowest BCUT2D eigenvalue weighted by Gasteiger charge is -2.19. The highest BCUT2D eigenvalue weighted by Gasteiger charge is 2.21. The summed E-state index contributed by atoms with van der Waals surface area (Å²) in [5.41, 5.74) is 0.848. The zero-order valence-electron chi connectivity index (χ0n) is 12.2. The van der Waals surface area contributed by atoms with E-state index in [0.29, 0.717) is 11.5 Å². The molecular weight excluding hydrogens is 286 g/mol. The smallest absolute Gasteiger partial charge is 0.243 e. The summed E-state index contributed by atoms with van der Waals surface area (Å²) >= 11 is 0. The molecule has 0 atom stereocenters. The zero-order chi connectivity index (χ0) is 15.3. The first-order chi connectivity index (χ1) is 10.1. The van der Waals surface area contributed by atoms with E-state index in [1.54, 1.807) is 37.4 Å². The molecule has 0 aromatic heterocycles. The summed E-state index contributed by atoms with van der Waals surface area (Å²) in [5.74, 6) is 0.718. The zero-order valence-corrected chi connectivity index (χ0v) is 13.0. The van der Waals surface area contributed by atoms with Crippen LogP contribution in [0.2, 0.25) is 0 Å². The molecule has 0 aliphatic heterocycles. The number of hydrogen-bond donors (Lipinski definition) is 0.